The lowest BCUT2D eigenvalue weighted by Crippen LogP contribution is -2.31. The monoisotopic (exact) mass is 307 g/mol. The third kappa shape index (κ3) is 4.17. The van der Waals surface area contributed by atoms with E-state index in [4.69, 9.17) is 21.4 Å². The molecule has 0 amide bonds. The Kier molecular flexibility index (Phi) is 5.30. The number of carbonyl (C=O) groups is 1. The summed E-state index contributed by atoms with van der Waals surface area (Å²) in [7, 11) is -2.33. The summed E-state index contributed by atoms with van der Waals surface area (Å²) < 4.78 is 31.1. The van der Waals surface area contributed by atoms with Crippen LogP contribution in [0.4, 0.5) is 0 Å². The second-order valence-electron chi connectivity index (χ2n) is 3.85. The Bertz CT molecular complexity index is 572. The zero-order valence-electron chi connectivity index (χ0n) is 10.4. The molecule has 0 radical (unpaired) electrons. The van der Waals surface area contributed by atoms with Gasteiger partial charge in [-0.15, -0.1) is 0 Å². The van der Waals surface area contributed by atoms with Gasteiger partial charge in [-0.3, -0.25) is 0 Å². The van der Waals surface area contributed by atoms with Crippen LogP contribution in [0, 0.1) is 0 Å². The molecule has 106 valence electrons. The number of sulfonamides is 1. The van der Waals surface area contributed by atoms with E-state index in [2.05, 4.69) is 4.72 Å². The average molecular weight is 308 g/mol. The Morgan fingerprint density at radius 1 is 1.53 bits per heavy atom. The Morgan fingerprint density at radius 3 is 2.68 bits per heavy atom. The van der Waals surface area contributed by atoms with Gasteiger partial charge in [-0.2, -0.15) is 0 Å². The largest absolute Gasteiger partial charge is 0.478 e. The van der Waals surface area contributed by atoms with E-state index in [0.29, 0.717) is 0 Å². The first-order valence-electron chi connectivity index (χ1n) is 5.33. The number of halogens is 1. The smallest absolute Gasteiger partial charge is 0.337 e. The van der Waals surface area contributed by atoms with Gasteiger partial charge in [-0.1, -0.05) is 11.6 Å². The van der Waals surface area contributed by atoms with Crippen molar-refractivity contribution >= 4 is 27.6 Å². The van der Waals surface area contributed by atoms with Gasteiger partial charge < -0.3 is 9.84 Å². The van der Waals surface area contributed by atoms with Crippen LogP contribution >= 0.6 is 11.6 Å². The van der Waals surface area contributed by atoms with Crippen LogP contribution in [0.1, 0.15) is 17.3 Å². The fourth-order valence-electron chi connectivity index (χ4n) is 1.23. The van der Waals surface area contributed by atoms with Gasteiger partial charge in [0, 0.05) is 13.7 Å². The Hall–Kier alpha value is -1.15. The molecular weight excluding hydrogens is 294 g/mol. The molecule has 0 bridgehead atoms. The van der Waals surface area contributed by atoms with Gasteiger partial charge in [0.1, 0.15) is 0 Å². The summed E-state index contributed by atoms with van der Waals surface area (Å²) in [6.07, 6.45) is -0.291. The molecule has 8 heteroatoms. The second-order valence-corrected chi connectivity index (χ2v) is 6.02. The van der Waals surface area contributed by atoms with Gasteiger partial charge in [0.05, 0.1) is 21.6 Å². The van der Waals surface area contributed by atoms with Crippen LogP contribution in [0.25, 0.3) is 0 Å². The van der Waals surface area contributed by atoms with E-state index >= 15 is 0 Å². The topological polar surface area (TPSA) is 92.7 Å². The molecular formula is C11H14ClNO5S. The number of hydrogen-bond acceptors (Lipinski definition) is 4. The molecule has 0 aliphatic carbocycles. The number of aromatic carboxylic acids is 1. The first-order chi connectivity index (χ1) is 8.77. The highest BCUT2D eigenvalue weighted by atomic mass is 35.5. The molecule has 0 heterocycles. The normalized spacial score (nSPS) is 13.2. The van der Waals surface area contributed by atoms with Gasteiger partial charge in [0.15, 0.2) is 0 Å². The van der Waals surface area contributed by atoms with Crippen molar-refractivity contribution in [3.63, 3.8) is 0 Å². The molecule has 19 heavy (non-hydrogen) atoms. The van der Waals surface area contributed by atoms with Gasteiger partial charge in [-0.25, -0.2) is 17.9 Å². The number of carboxylic acid groups (broad SMARTS) is 1. The Balaban J connectivity index is 3.02. The van der Waals surface area contributed by atoms with E-state index in [0.717, 1.165) is 6.07 Å². The summed E-state index contributed by atoms with van der Waals surface area (Å²) in [5.74, 6) is -1.28. The van der Waals surface area contributed by atoms with E-state index in [1.165, 1.54) is 19.2 Å². The van der Waals surface area contributed by atoms with Crippen molar-refractivity contribution in [3.05, 3.63) is 28.8 Å². The number of rotatable bonds is 6. The molecule has 1 atom stereocenters. The number of carboxylic acids is 1. The lowest BCUT2D eigenvalue weighted by molar-refractivity contribution is 0.0697. The van der Waals surface area contributed by atoms with Crippen molar-refractivity contribution in [1.82, 2.24) is 4.72 Å². The van der Waals surface area contributed by atoms with Gasteiger partial charge in [-0.05, 0) is 25.1 Å². The van der Waals surface area contributed by atoms with Crippen molar-refractivity contribution < 1.29 is 23.1 Å². The molecule has 6 nitrogen and oxygen atoms in total. The summed E-state index contributed by atoms with van der Waals surface area (Å²) in [5.41, 5.74) is -0.260. The molecule has 0 aliphatic heterocycles. The summed E-state index contributed by atoms with van der Waals surface area (Å²) in [6.45, 7) is 1.79. The van der Waals surface area contributed by atoms with Crippen LogP contribution in [-0.4, -0.2) is 39.3 Å². The van der Waals surface area contributed by atoms with Crippen molar-refractivity contribution in [2.45, 2.75) is 17.9 Å². The van der Waals surface area contributed by atoms with Crippen LogP contribution in [0.2, 0.25) is 5.02 Å². The SMILES string of the molecule is COC(C)CNS(=O)(=O)c1ccc(Cl)c(C(=O)O)c1. The number of ether oxygens (including phenoxy) is 1. The molecule has 1 unspecified atom stereocenters. The van der Waals surface area contributed by atoms with E-state index in [9.17, 15) is 13.2 Å². The molecule has 0 saturated carbocycles. The first-order valence-corrected chi connectivity index (χ1v) is 7.19. The minimum absolute atomic E-state index is 0.0169. The van der Waals surface area contributed by atoms with Crippen LogP contribution in [0.15, 0.2) is 23.1 Å². The predicted molar refractivity (Wildman–Crippen MR) is 70.1 cm³/mol. The van der Waals surface area contributed by atoms with E-state index < -0.39 is 16.0 Å². The van der Waals surface area contributed by atoms with E-state index in [1.807, 2.05) is 0 Å². The maximum Gasteiger partial charge on any atom is 0.337 e. The highest BCUT2D eigenvalue weighted by molar-refractivity contribution is 7.89. The third-order valence-corrected chi connectivity index (χ3v) is 4.19. The van der Waals surface area contributed by atoms with E-state index in [-0.39, 0.29) is 28.1 Å². The molecule has 0 saturated heterocycles. The minimum atomic E-state index is -3.79. The standard InChI is InChI=1S/C11H14ClNO5S/c1-7(18-2)6-13-19(16,17)8-3-4-10(12)9(5-8)11(14)15/h3-5,7,13H,6H2,1-2H3,(H,14,15). The summed E-state index contributed by atoms with van der Waals surface area (Å²) >= 11 is 5.68. The fourth-order valence-corrected chi connectivity index (χ4v) is 2.57. The van der Waals surface area contributed by atoms with Crippen molar-refractivity contribution in [1.29, 1.82) is 0 Å². The molecule has 0 spiro atoms. The molecule has 0 fully saturated rings. The molecule has 1 aromatic carbocycles. The summed E-state index contributed by atoms with van der Waals surface area (Å²) in [5, 5.41) is 8.88. The fraction of sp³-hybridized carbons (Fsp3) is 0.364. The quantitative estimate of drug-likeness (QED) is 0.827. The maximum atomic E-state index is 11.9. The van der Waals surface area contributed by atoms with Crippen molar-refractivity contribution in [3.8, 4) is 0 Å². The molecule has 0 aliphatic rings. The van der Waals surface area contributed by atoms with E-state index in [1.54, 1.807) is 6.92 Å². The zero-order valence-corrected chi connectivity index (χ0v) is 12.0. The number of nitrogens with one attached hydrogen (secondary N) is 1. The van der Waals surface area contributed by atoms with Gasteiger partial charge in [0.25, 0.3) is 0 Å². The third-order valence-electron chi connectivity index (χ3n) is 2.44. The maximum absolute atomic E-state index is 11.9. The molecule has 0 aromatic heterocycles. The predicted octanol–water partition coefficient (Wildman–Crippen LogP) is 1.35. The average Bonchev–Trinajstić information content (AvgIpc) is 2.35. The van der Waals surface area contributed by atoms with Gasteiger partial charge >= 0.3 is 5.97 Å². The van der Waals surface area contributed by atoms with Crippen LogP contribution < -0.4 is 4.72 Å². The van der Waals surface area contributed by atoms with Crippen molar-refractivity contribution in [2.24, 2.45) is 0 Å². The highest BCUT2D eigenvalue weighted by Crippen LogP contribution is 2.20. The van der Waals surface area contributed by atoms with Gasteiger partial charge in [0.2, 0.25) is 10.0 Å². The van der Waals surface area contributed by atoms with Crippen LogP contribution in [0.5, 0.6) is 0 Å². The number of benzene rings is 1. The highest BCUT2D eigenvalue weighted by Gasteiger charge is 2.18. The first kappa shape index (κ1) is 15.9. The Labute approximate surface area is 116 Å². The number of methoxy groups -OCH3 is 1. The molecule has 2 N–H and O–H groups in total. The van der Waals surface area contributed by atoms with Crippen LogP contribution in [-0.2, 0) is 14.8 Å². The lowest BCUT2D eigenvalue weighted by Gasteiger charge is -2.12. The minimum Gasteiger partial charge on any atom is -0.478 e. The zero-order chi connectivity index (χ0) is 14.6. The number of hydrogen-bond donors (Lipinski definition) is 2. The molecule has 1 aromatic rings. The van der Waals surface area contributed by atoms with Crippen LogP contribution in [0.3, 0.4) is 0 Å². The van der Waals surface area contributed by atoms with Crippen molar-refractivity contribution in [2.75, 3.05) is 13.7 Å². The summed E-state index contributed by atoms with van der Waals surface area (Å²) in [6, 6.07) is 3.50. The molecule has 1 rings (SSSR count). The lowest BCUT2D eigenvalue weighted by atomic mass is 10.2. The Morgan fingerprint density at radius 2 is 2.16 bits per heavy atom. The summed E-state index contributed by atoms with van der Waals surface area (Å²) in [4.78, 5) is 10.7. The second kappa shape index (κ2) is 6.33.